The number of carbonyl (C=O) groups excluding carboxylic acids is 2. The van der Waals surface area contributed by atoms with Crippen LogP contribution in [0.4, 0.5) is 0 Å². The molecule has 1 aliphatic rings. The summed E-state index contributed by atoms with van der Waals surface area (Å²) >= 11 is 0. The molecular weight excluding hydrogens is 322 g/mol. The fraction of sp³-hybridized carbons (Fsp3) is 0.556. The highest BCUT2D eigenvalue weighted by Gasteiger charge is 2.21. The maximum absolute atomic E-state index is 12.0. The molecule has 2 amide bonds. The maximum atomic E-state index is 12.0. The molecule has 0 saturated carbocycles. The van der Waals surface area contributed by atoms with E-state index >= 15 is 0 Å². The molecule has 0 spiro atoms. The van der Waals surface area contributed by atoms with Crippen LogP contribution in [0.3, 0.4) is 0 Å². The van der Waals surface area contributed by atoms with Gasteiger partial charge >= 0.3 is 0 Å². The molecule has 0 atom stereocenters. The van der Waals surface area contributed by atoms with Crippen molar-refractivity contribution in [2.45, 2.75) is 26.3 Å². The minimum Gasteiger partial charge on any atom is -0.493 e. The third-order valence-electron chi connectivity index (χ3n) is 4.18. The summed E-state index contributed by atoms with van der Waals surface area (Å²) in [6.45, 7) is 4.37. The molecule has 0 aromatic heterocycles. The summed E-state index contributed by atoms with van der Waals surface area (Å²) in [6.07, 6.45) is 1.72. The first-order valence-electron chi connectivity index (χ1n) is 8.56. The summed E-state index contributed by atoms with van der Waals surface area (Å²) < 4.78 is 10.7. The van der Waals surface area contributed by atoms with Gasteiger partial charge in [-0.1, -0.05) is 6.92 Å². The van der Waals surface area contributed by atoms with Crippen molar-refractivity contribution >= 4 is 11.8 Å². The Morgan fingerprint density at radius 3 is 2.40 bits per heavy atom. The number of carbonyl (C=O) groups is 2. The molecule has 0 radical (unpaired) electrons. The van der Waals surface area contributed by atoms with Gasteiger partial charge in [0, 0.05) is 19.6 Å². The quantitative estimate of drug-likeness (QED) is 0.722. The van der Waals surface area contributed by atoms with E-state index in [9.17, 15) is 9.59 Å². The number of hydrogen-bond acceptors (Lipinski definition) is 5. The minimum absolute atomic E-state index is 0.0221. The molecule has 1 aromatic carbocycles. The average molecular weight is 349 g/mol. The van der Waals surface area contributed by atoms with Crippen molar-refractivity contribution in [3.05, 3.63) is 23.3 Å². The van der Waals surface area contributed by atoms with Crippen LogP contribution >= 0.6 is 0 Å². The van der Waals surface area contributed by atoms with E-state index in [0.717, 1.165) is 30.7 Å². The lowest BCUT2D eigenvalue weighted by molar-refractivity contribution is -0.126. The van der Waals surface area contributed by atoms with Crippen LogP contribution in [-0.2, 0) is 22.6 Å². The molecule has 0 saturated heterocycles. The molecule has 0 fully saturated rings. The van der Waals surface area contributed by atoms with Gasteiger partial charge in [-0.25, -0.2) is 0 Å². The molecule has 0 aliphatic carbocycles. The lowest BCUT2D eigenvalue weighted by atomic mass is 9.99. The minimum atomic E-state index is -0.156. The predicted molar refractivity (Wildman–Crippen MR) is 94.8 cm³/mol. The summed E-state index contributed by atoms with van der Waals surface area (Å²) in [5.74, 6) is 1.12. The number of ether oxygens (including phenoxy) is 2. The molecule has 1 aromatic rings. The van der Waals surface area contributed by atoms with Gasteiger partial charge in [-0.2, -0.15) is 0 Å². The summed E-state index contributed by atoms with van der Waals surface area (Å²) in [4.78, 5) is 25.6. The molecule has 2 N–H and O–H groups in total. The standard InChI is InChI=1S/C18H27N3O4/c1-4-6-19-17(22)10-20-18(23)12-21-7-5-13-8-15(24-2)16(25-3)9-14(13)11-21/h8-9H,4-7,10-12H2,1-3H3,(H,19,22)(H,20,23). The molecule has 138 valence electrons. The van der Waals surface area contributed by atoms with E-state index in [2.05, 4.69) is 15.5 Å². The first-order chi connectivity index (χ1) is 12.1. The topological polar surface area (TPSA) is 79.9 Å². The molecule has 0 unspecified atom stereocenters. The van der Waals surface area contributed by atoms with Gasteiger partial charge in [0.2, 0.25) is 11.8 Å². The van der Waals surface area contributed by atoms with Crippen LogP contribution in [0.1, 0.15) is 24.5 Å². The van der Waals surface area contributed by atoms with E-state index in [1.54, 1.807) is 14.2 Å². The number of benzene rings is 1. The van der Waals surface area contributed by atoms with Crippen molar-refractivity contribution in [1.29, 1.82) is 0 Å². The van der Waals surface area contributed by atoms with Gasteiger partial charge < -0.3 is 20.1 Å². The van der Waals surface area contributed by atoms with Crippen LogP contribution in [-0.4, -0.2) is 57.1 Å². The van der Waals surface area contributed by atoms with E-state index < -0.39 is 0 Å². The summed E-state index contributed by atoms with van der Waals surface area (Å²) in [7, 11) is 3.24. The fourth-order valence-electron chi connectivity index (χ4n) is 2.84. The van der Waals surface area contributed by atoms with Gasteiger partial charge in [-0.15, -0.1) is 0 Å². The van der Waals surface area contributed by atoms with Crippen LogP contribution in [0.2, 0.25) is 0 Å². The Labute approximate surface area is 148 Å². The Morgan fingerprint density at radius 2 is 1.76 bits per heavy atom. The number of rotatable bonds is 8. The molecule has 1 aliphatic heterocycles. The van der Waals surface area contributed by atoms with Crippen LogP contribution in [0.5, 0.6) is 11.5 Å². The van der Waals surface area contributed by atoms with Crippen LogP contribution < -0.4 is 20.1 Å². The fourth-order valence-corrected chi connectivity index (χ4v) is 2.84. The second-order valence-corrected chi connectivity index (χ2v) is 6.06. The largest absolute Gasteiger partial charge is 0.493 e. The lowest BCUT2D eigenvalue weighted by Gasteiger charge is -2.29. The van der Waals surface area contributed by atoms with E-state index in [4.69, 9.17) is 9.47 Å². The number of fused-ring (bicyclic) bond motifs is 1. The number of amides is 2. The monoisotopic (exact) mass is 349 g/mol. The summed E-state index contributed by atoms with van der Waals surface area (Å²) in [6, 6.07) is 3.97. The van der Waals surface area contributed by atoms with Gasteiger partial charge in [0.25, 0.3) is 0 Å². The number of hydrogen-bond donors (Lipinski definition) is 2. The number of methoxy groups -OCH3 is 2. The second-order valence-electron chi connectivity index (χ2n) is 6.06. The maximum Gasteiger partial charge on any atom is 0.239 e. The molecule has 0 bridgehead atoms. The molecule has 2 rings (SSSR count). The van der Waals surface area contributed by atoms with E-state index in [1.165, 1.54) is 5.56 Å². The van der Waals surface area contributed by atoms with Crippen molar-refractivity contribution in [3.8, 4) is 11.5 Å². The number of nitrogens with zero attached hydrogens (tertiary/aromatic N) is 1. The highest BCUT2D eigenvalue weighted by atomic mass is 16.5. The highest BCUT2D eigenvalue weighted by Crippen LogP contribution is 2.33. The normalized spacial score (nSPS) is 13.7. The Balaban J connectivity index is 1.87. The highest BCUT2D eigenvalue weighted by molar-refractivity contribution is 5.85. The third kappa shape index (κ3) is 5.35. The molecule has 1 heterocycles. The van der Waals surface area contributed by atoms with Gasteiger partial charge in [0.05, 0.1) is 27.3 Å². The Hall–Kier alpha value is -2.28. The zero-order chi connectivity index (χ0) is 18.2. The average Bonchev–Trinajstić information content (AvgIpc) is 2.63. The molecular formula is C18H27N3O4. The predicted octanol–water partition coefficient (Wildman–Crippen LogP) is 0.704. The van der Waals surface area contributed by atoms with Gasteiger partial charge in [0.15, 0.2) is 11.5 Å². The van der Waals surface area contributed by atoms with Crippen molar-refractivity contribution in [1.82, 2.24) is 15.5 Å². The first kappa shape index (κ1) is 19.1. The smallest absolute Gasteiger partial charge is 0.239 e. The molecule has 7 heteroatoms. The van der Waals surface area contributed by atoms with E-state index in [-0.39, 0.29) is 24.9 Å². The first-order valence-corrected chi connectivity index (χ1v) is 8.56. The SMILES string of the molecule is CCCNC(=O)CNC(=O)CN1CCc2cc(OC)c(OC)cc2C1. The van der Waals surface area contributed by atoms with Crippen LogP contribution in [0.25, 0.3) is 0 Å². The second kappa shape index (κ2) is 9.27. The lowest BCUT2D eigenvalue weighted by Crippen LogP contribution is -2.43. The van der Waals surface area contributed by atoms with Gasteiger partial charge in [-0.05, 0) is 36.1 Å². The number of nitrogens with one attached hydrogen (secondary N) is 2. The van der Waals surface area contributed by atoms with Gasteiger partial charge in [0.1, 0.15) is 0 Å². The molecule has 7 nitrogen and oxygen atoms in total. The van der Waals surface area contributed by atoms with E-state index in [0.29, 0.717) is 18.8 Å². The Bertz CT molecular complexity index is 619. The van der Waals surface area contributed by atoms with E-state index in [1.807, 2.05) is 19.1 Å². The van der Waals surface area contributed by atoms with Crippen molar-refractivity contribution in [3.63, 3.8) is 0 Å². The van der Waals surface area contributed by atoms with Crippen molar-refractivity contribution < 1.29 is 19.1 Å². The summed E-state index contributed by atoms with van der Waals surface area (Å²) in [5.41, 5.74) is 2.35. The van der Waals surface area contributed by atoms with Gasteiger partial charge in [-0.3, -0.25) is 14.5 Å². The third-order valence-corrected chi connectivity index (χ3v) is 4.18. The van der Waals surface area contributed by atoms with Crippen LogP contribution in [0.15, 0.2) is 12.1 Å². The Morgan fingerprint density at radius 1 is 1.08 bits per heavy atom. The summed E-state index contributed by atoms with van der Waals surface area (Å²) in [5, 5.41) is 5.40. The van der Waals surface area contributed by atoms with Crippen molar-refractivity contribution in [2.24, 2.45) is 0 Å². The zero-order valence-electron chi connectivity index (χ0n) is 15.2. The zero-order valence-corrected chi connectivity index (χ0v) is 15.2. The van der Waals surface area contributed by atoms with Crippen LogP contribution in [0, 0.1) is 0 Å². The molecule has 25 heavy (non-hydrogen) atoms. The Kier molecular flexibility index (Phi) is 7.06. The van der Waals surface area contributed by atoms with Crippen molar-refractivity contribution in [2.75, 3.05) is 40.4 Å².